The standard InChI is InChI=1S/C27H23FN4O2S/c1-3-14-32-25(29-30-31-32)13-6-18-4-9-21(10-5-18)34-26-23-12-8-20(33)16-24(23)35-27(26)22-11-7-19(28)15-17(22)2/h4-13,15-16,33H,3,14H2,1-2H3. The molecule has 0 radical (unpaired) electrons. The van der Waals surface area contributed by atoms with E-state index in [1.54, 1.807) is 22.9 Å². The molecule has 2 heterocycles. The summed E-state index contributed by atoms with van der Waals surface area (Å²) in [6, 6.07) is 17.7. The van der Waals surface area contributed by atoms with Gasteiger partial charge in [0.25, 0.3) is 0 Å². The fourth-order valence-corrected chi connectivity index (χ4v) is 5.11. The predicted octanol–water partition coefficient (Wildman–Crippen LogP) is 7.08. The highest BCUT2D eigenvalue weighted by Crippen LogP contribution is 2.48. The Hall–Kier alpha value is -4.04. The molecule has 0 amide bonds. The van der Waals surface area contributed by atoms with E-state index in [0.29, 0.717) is 17.3 Å². The van der Waals surface area contributed by atoms with Gasteiger partial charge in [-0.2, -0.15) is 0 Å². The number of aryl methyl sites for hydroxylation is 2. The first-order chi connectivity index (χ1) is 17.0. The molecule has 0 spiro atoms. The van der Waals surface area contributed by atoms with Crippen LogP contribution < -0.4 is 4.74 Å². The van der Waals surface area contributed by atoms with Crippen LogP contribution in [0, 0.1) is 12.7 Å². The summed E-state index contributed by atoms with van der Waals surface area (Å²) in [4.78, 5) is 0.884. The summed E-state index contributed by atoms with van der Waals surface area (Å²) < 4.78 is 22.8. The minimum absolute atomic E-state index is 0.189. The Kier molecular flexibility index (Phi) is 6.29. The number of aromatic hydroxyl groups is 1. The minimum atomic E-state index is -0.278. The maximum atomic E-state index is 13.7. The van der Waals surface area contributed by atoms with Gasteiger partial charge in [0.05, 0.1) is 4.88 Å². The lowest BCUT2D eigenvalue weighted by molar-refractivity contribution is 0.476. The monoisotopic (exact) mass is 486 g/mol. The summed E-state index contributed by atoms with van der Waals surface area (Å²) in [5, 5.41) is 22.7. The van der Waals surface area contributed by atoms with Crippen molar-refractivity contribution >= 4 is 33.6 Å². The van der Waals surface area contributed by atoms with E-state index in [-0.39, 0.29) is 11.6 Å². The van der Waals surface area contributed by atoms with Crippen LogP contribution in [0.25, 0.3) is 32.7 Å². The summed E-state index contributed by atoms with van der Waals surface area (Å²) in [5.74, 6) is 1.97. The molecule has 0 atom stereocenters. The van der Waals surface area contributed by atoms with Gasteiger partial charge in [0.15, 0.2) is 11.6 Å². The molecule has 0 saturated carbocycles. The molecule has 0 fully saturated rings. The molecule has 5 rings (SSSR count). The van der Waals surface area contributed by atoms with Crippen LogP contribution in [0.5, 0.6) is 17.2 Å². The third kappa shape index (κ3) is 4.79. The lowest BCUT2D eigenvalue weighted by Gasteiger charge is -2.10. The van der Waals surface area contributed by atoms with E-state index in [4.69, 9.17) is 4.74 Å². The number of nitrogens with zero attached hydrogens (tertiary/aromatic N) is 4. The van der Waals surface area contributed by atoms with E-state index in [1.165, 1.54) is 23.5 Å². The van der Waals surface area contributed by atoms with E-state index in [9.17, 15) is 9.50 Å². The highest BCUT2D eigenvalue weighted by Gasteiger charge is 2.18. The van der Waals surface area contributed by atoms with E-state index < -0.39 is 0 Å². The van der Waals surface area contributed by atoms with Gasteiger partial charge in [-0.15, -0.1) is 16.4 Å². The van der Waals surface area contributed by atoms with Crippen molar-refractivity contribution in [1.29, 1.82) is 0 Å². The zero-order valence-corrected chi connectivity index (χ0v) is 20.1. The molecule has 0 bridgehead atoms. The Morgan fingerprint density at radius 2 is 1.89 bits per heavy atom. The number of ether oxygens (including phenoxy) is 1. The van der Waals surface area contributed by atoms with Crippen molar-refractivity contribution in [2.75, 3.05) is 0 Å². The Morgan fingerprint density at radius 3 is 2.66 bits per heavy atom. The molecule has 0 aliphatic rings. The quantitative estimate of drug-likeness (QED) is 0.266. The van der Waals surface area contributed by atoms with Gasteiger partial charge in [-0.3, -0.25) is 0 Å². The van der Waals surface area contributed by atoms with E-state index in [2.05, 4.69) is 22.4 Å². The molecule has 8 heteroatoms. The number of halogens is 1. The number of aromatic nitrogens is 4. The molecule has 0 aliphatic heterocycles. The van der Waals surface area contributed by atoms with Crippen LogP contribution in [-0.2, 0) is 6.54 Å². The molecule has 0 aliphatic carbocycles. The lowest BCUT2D eigenvalue weighted by Crippen LogP contribution is -2.01. The molecule has 176 valence electrons. The summed E-state index contributed by atoms with van der Waals surface area (Å²) in [6.07, 6.45) is 4.80. The van der Waals surface area contributed by atoms with Crippen LogP contribution in [0.4, 0.5) is 4.39 Å². The average molecular weight is 487 g/mol. The number of fused-ring (bicyclic) bond motifs is 1. The van der Waals surface area contributed by atoms with E-state index in [0.717, 1.165) is 44.6 Å². The molecule has 0 unspecified atom stereocenters. The fraction of sp³-hybridized carbons (Fsp3) is 0.148. The first kappa shape index (κ1) is 22.7. The van der Waals surface area contributed by atoms with Crippen molar-refractivity contribution in [3.63, 3.8) is 0 Å². The average Bonchev–Trinajstić information content (AvgIpc) is 3.43. The number of rotatable bonds is 7. The van der Waals surface area contributed by atoms with Gasteiger partial charge in [-0.1, -0.05) is 31.2 Å². The van der Waals surface area contributed by atoms with Crippen molar-refractivity contribution in [1.82, 2.24) is 20.2 Å². The molecule has 6 nitrogen and oxygen atoms in total. The van der Waals surface area contributed by atoms with Gasteiger partial charge >= 0.3 is 0 Å². The second-order valence-corrected chi connectivity index (χ2v) is 9.22. The maximum Gasteiger partial charge on any atom is 0.174 e. The minimum Gasteiger partial charge on any atom is -0.508 e. The Labute approximate surface area is 205 Å². The normalized spacial score (nSPS) is 11.5. The highest BCUT2D eigenvalue weighted by molar-refractivity contribution is 7.22. The number of benzene rings is 3. The number of thiophene rings is 1. The smallest absolute Gasteiger partial charge is 0.174 e. The third-order valence-corrected chi connectivity index (χ3v) is 6.75. The molecule has 35 heavy (non-hydrogen) atoms. The summed E-state index contributed by atoms with van der Waals surface area (Å²) in [7, 11) is 0. The van der Waals surface area contributed by atoms with Crippen LogP contribution in [0.1, 0.15) is 30.3 Å². The summed E-state index contributed by atoms with van der Waals surface area (Å²) >= 11 is 1.51. The number of hydrogen-bond acceptors (Lipinski definition) is 6. The van der Waals surface area contributed by atoms with Gasteiger partial charge in [-0.05, 0) is 89.0 Å². The molecule has 1 N–H and O–H groups in total. The molecule has 0 saturated heterocycles. The van der Waals surface area contributed by atoms with Crippen LogP contribution >= 0.6 is 11.3 Å². The van der Waals surface area contributed by atoms with E-state index in [1.807, 2.05) is 49.4 Å². The van der Waals surface area contributed by atoms with Crippen molar-refractivity contribution in [2.24, 2.45) is 0 Å². The number of hydrogen-bond donors (Lipinski definition) is 1. The highest BCUT2D eigenvalue weighted by atomic mass is 32.1. The Balaban J connectivity index is 1.46. The van der Waals surface area contributed by atoms with Crippen LogP contribution in [0.15, 0.2) is 60.7 Å². The SMILES string of the molecule is CCCn1nnnc1C=Cc1ccc(Oc2c(-c3ccc(F)cc3C)sc3cc(O)ccc23)cc1. The molecular weight excluding hydrogens is 463 g/mol. The van der Waals surface area contributed by atoms with E-state index >= 15 is 0 Å². The third-order valence-electron chi connectivity index (χ3n) is 5.58. The molecule has 2 aromatic heterocycles. The van der Waals surface area contributed by atoms with Crippen molar-refractivity contribution in [2.45, 2.75) is 26.8 Å². The Bertz CT molecular complexity index is 1520. The first-order valence-corrected chi connectivity index (χ1v) is 12.1. The predicted molar refractivity (Wildman–Crippen MR) is 137 cm³/mol. The number of tetrazole rings is 1. The second-order valence-electron chi connectivity index (χ2n) is 8.16. The Morgan fingerprint density at radius 1 is 1.06 bits per heavy atom. The van der Waals surface area contributed by atoms with Gasteiger partial charge in [0.2, 0.25) is 0 Å². The largest absolute Gasteiger partial charge is 0.508 e. The van der Waals surface area contributed by atoms with Gasteiger partial charge in [0, 0.05) is 16.6 Å². The topological polar surface area (TPSA) is 73.1 Å². The number of phenols is 1. The van der Waals surface area contributed by atoms with Crippen LogP contribution in [0.3, 0.4) is 0 Å². The van der Waals surface area contributed by atoms with Crippen LogP contribution in [0.2, 0.25) is 0 Å². The van der Waals surface area contributed by atoms with Crippen molar-refractivity contribution in [3.05, 3.63) is 83.4 Å². The number of phenolic OH excluding ortho intramolecular Hbond substituents is 1. The second kappa shape index (κ2) is 9.68. The zero-order chi connectivity index (χ0) is 24.4. The fourth-order valence-electron chi connectivity index (χ4n) is 3.86. The van der Waals surface area contributed by atoms with Crippen molar-refractivity contribution in [3.8, 4) is 27.7 Å². The lowest BCUT2D eigenvalue weighted by atomic mass is 10.1. The van der Waals surface area contributed by atoms with Crippen LogP contribution in [-0.4, -0.2) is 25.3 Å². The van der Waals surface area contributed by atoms with Gasteiger partial charge in [-0.25, -0.2) is 9.07 Å². The first-order valence-electron chi connectivity index (χ1n) is 11.3. The zero-order valence-electron chi connectivity index (χ0n) is 19.3. The van der Waals surface area contributed by atoms with Gasteiger partial charge < -0.3 is 9.84 Å². The van der Waals surface area contributed by atoms with Gasteiger partial charge in [0.1, 0.15) is 17.3 Å². The molecule has 5 aromatic rings. The summed E-state index contributed by atoms with van der Waals surface area (Å²) in [6.45, 7) is 4.72. The maximum absolute atomic E-state index is 13.7. The molecule has 3 aromatic carbocycles. The van der Waals surface area contributed by atoms with Crippen molar-refractivity contribution < 1.29 is 14.2 Å². The summed E-state index contributed by atoms with van der Waals surface area (Å²) in [5.41, 5.74) is 2.70. The molecular formula is C27H23FN4O2S.